The van der Waals surface area contributed by atoms with E-state index in [1.165, 1.54) is 11.3 Å². The molecule has 0 aliphatic heterocycles. The summed E-state index contributed by atoms with van der Waals surface area (Å²) in [4.78, 5) is 4.90. The Morgan fingerprint density at radius 2 is 2.08 bits per heavy atom. The van der Waals surface area contributed by atoms with Crippen molar-refractivity contribution in [2.24, 2.45) is 13.0 Å². The maximum atomic E-state index is 4.69. The standard InChI is InChI=1S/C16H17N7S/c1-10(2)7-12-8-13(22(3)20-12)15-21-23-14(18-19-16(23)24-15)11-5-4-6-17-9-11/h4-6,8-10H,7H2,1-3H3. The van der Waals surface area contributed by atoms with E-state index in [1.807, 2.05) is 23.9 Å². The molecule has 4 rings (SSSR count). The van der Waals surface area contributed by atoms with Crippen LogP contribution in [0.15, 0.2) is 30.6 Å². The van der Waals surface area contributed by atoms with Crippen LogP contribution in [0.1, 0.15) is 19.5 Å². The first-order valence-electron chi connectivity index (χ1n) is 7.77. The highest BCUT2D eigenvalue weighted by molar-refractivity contribution is 7.19. The molecule has 122 valence electrons. The Labute approximate surface area is 143 Å². The first-order valence-corrected chi connectivity index (χ1v) is 8.59. The van der Waals surface area contributed by atoms with Gasteiger partial charge in [0.2, 0.25) is 4.96 Å². The van der Waals surface area contributed by atoms with Gasteiger partial charge in [0.25, 0.3) is 0 Å². The Morgan fingerprint density at radius 1 is 1.21 bits per heavy atom. The summed E-state index contributed by atoms with van der Waals surface area (Å²) in [6.07, 6.45) is 4.46. The van der Waals surface area contributed by atoms with Crippen LogP contribution in [0.3, 0.4) is 0 Å². The van der Waals surface area contributed by atoms with Gasteiger partial charge in [0.1, 0.15) is 0 Å². The minimum atomic E-state index is 0.572. The van der Waals surface area contributed by atoms with Crippen molar-refractivity contribution in [1.82, 2.24) is 34.6 Å². The highest BCUT2D eigenvalue weighted by Gasteiger charge is 2.17. The normalized spacial score (nSPS) is 11.7. The van der Waals surface area contributed by atoms with Gasteiger partial charge in [0.15, 0.2) is 10.8 Å². The predicted octanol–water partition coefficient (Wildman–Crippen LogP) is 2.85. The van der Waals surface area contributed by atoms with Crippen LogP contribution in [0.25, 0.3) is 27.1 Å². The Bertz CT molecular complexity index is 981. The van der Waals surface area contributed by atoms with Crippen molar-refractivity contribution in [3.63, 3.8) is 0 Å². The van der Waals surface area contributed by atoms with Crippen molar-refractivity contribution >= 4 is 16.3 Å². The molecular formula is C16H17N7S. The number of aryl methyl sites for hydroxylation is 1. The molecule has 0 saturated carbocycles. The van der Waals surface area contributed by atoms with Crippen LogP contribution in [-0.2, 0) is 13.5 Å². The molecule has 0 aliphatic rings. The molecule has 4 aromatic heterocycles. The van der Waals surface area contributed by atoms with E-state index >= 15 is 0 Å². The third kappa shape index (κ3) is 2.58. The van der Waals surface area contributed by atoms with Gasteiger partial charge in [0.05, 0.1) is 11.4 Å². The first-order chi connectivity index (χ1) is 11.6. The summed E-state index contributed by atoms with van der Waals surface area (Å²) in [6, 6.07) is 5.94. The van der Waals surface area contributed by atoms with Crippen molar-refractivity contribution in [1.29, 1.82) is 0 Å². The lowest BCUT2D eigenvalue weighted by Crippen LogP contribution is -1.98. The lowest BCUT2D eigenvalue weighted by molar-refractivity contribution is 0.621. The third-order valence-electron chi connectivity index (χ3n) is 3.68. The Kier molecular flexibility index (Phi) is 3.61. The molecule has 8 heteroatoms. The number of aromatic nitrogens is 7. The highest BCUT2D eigenvalue weighted by atomic mass is 32.1. The van der Waals surface area contributed by atoms with Crippen molar-refractivity contribution in [3.8, 4) is 22.1 Å². The van der Waals surface area contributed by atoms with E-state index in [-0.39, 0.29) is 0 Å². The molecule has 24 heavy (non-hydrogen) atoms. The van der Waals surface area contributed by atoms with Crippen LogP contribution in [0.5, 0.6) is 0 Å². The molecule has 0 radical (unpaired) electrons. The van der Waals surface area contributed by atoms with Gasteiger partial charge in [-0.1, -0.05) is 25.2 Å². The van der Waals surface area contributed by atoms with Crippen LogP contribution in [-0.4, -0.2) is 34.6 Å². The van der Waals surface area contributed by atoms with Crippen molar-refractivity contribution in [2.75, 3.05) is 0 Å². The number of nitrogens with zero attached hydrogens (tertiary/aromatic N) is 7. The fourth-order valence-corrected chi connectivity index (χ4v) is 3.53. The van der Waals surface area contributed by atoms with E-state index in [0.29, 0.717) is 11.7 Å². The molecule has 4 aromatic rings. The summed E-state index contributed by atoms with van der Waals surface area (Å²) in [7, 11) is 1.95. The number of fused-ring (bicyclic) bond motifs is 1. The smallest absolute Gasteiger partial charge is 0.235 e. The zero-order chi connectivity index (χ0) is 16.7. The fraction of sp³-hybridized carbons (Fsp3) is 0.312. The SMILES string of the molecule is CC(C)Cc1cc(-c2nn3c(-c4cccnc4)nnc3s2)n(C)n1. The second kappa shape index (κ2) is 5.79. The van der Waals surface area contributed by atoms with Crippen LogP contribution in [0.4, 0.5) is 0 Å². The number of hydrogen-bond donors (Lipinski definition) is 0. The Morgan fingerprint density at radius 3 is 2.83 bits per heavy atom. The number of hydrogen-bond acceptors (Lipinski definition) is 6. The first kappa shape index (κ1) is 14.9. The maximum Gasteiger partial charge on any atom is 0.235 e. The number of pyridine rings is 1. The van der Waals surface area contributed by atoms with E-state index in [1.54, 1.807) is 16.9 Å². The molecule has 0 aliphatic carbocycles. The predicted molar refractivity (Wildman–Crippen MR) is 92.6 cm³/mol. The molecule has 0 aromatic carbocycles. The van der Waals surface area contributed by atoms with Crippen molar-refractivity contribution in [2.45, 2.75) is 20.3 Å². The Hall–Kier alpha value is -2.61. The van der Waals surface area contributed by atoms with Crippen LogP contribution >= 0.6 is 11.3 Å². The van der Waals surface area contributed by atoms with Gasteiger partial charge in [-0.2, -0.15) is 14.7 Å². The maximum absolute atomic E-state index is 4.69. The molecule has 0 amide bonds. The van der Waals surface area contributed by atoms with Gasteiger partial charge in [-0.15, -0.1) is 10.2 Å². The average molecular weight is 339 g/mol. The van der Waals surface area contributed by atoms with E-state index < -0.39 is 0 Å². The van der Waals surface area contributed by atoms with Crippen molar-refractivity contribution < 1.29 is 0 Å². The molecule has 0 bridgehead atoms. The topological polar surface area (TPSA) is 73.8 Å². The monoisotopic (exact) mass is 339 g/mol. The highest BCUT2D eigenvalue weighted by Crippen LogP contribution is 2.28. The molecule has 0 fully saturated rings. The van der Waals surface area contributed by atoms with E-state index in [0.717, 1.165) is 33.3 Å². The van der Waals surface area contributed by atoms with Gasteiger partial charge < -0.3 is 0 Å². The molecule has 0 N–H and O–H groups in total. The zero-order valence-corrected chi connectivity index (χ0v) is 14.5. The Balaban J connectivity index is 1.77. The summed E-state index contributed by atoms with van der Waals surface area (Å²) in [5, 5.41) is 18.6. The molecule has 0 unspecified atom stereocenters. The largest absolute Gasteiger partial charge is 0.265 e. The number of rotatable bonds is 4. The van der Waals surface area contributed by atoms with Gasteiger partial charge in [-0.3, -0.25) is 9.67 Å². The second-order valence-corrected chi connectivity index (χ2v) is 7.07. The lowest BCUT2D eigenvalue weighted by atomic mass is 10.1. The van der Waals surface area contributed by atoms with Crippen LogP contribution < -0.4 is 0 Å². The molecule has 0 saturated heterocycles. The molecule has 4 heterocycles. The molecule has 0 spiro atoms. The minimum absolute atomic E-state index is 0.572. The summed E-state index contributed by atoms with van der Waals surface area (Å²) in [5.41, 5.74) is 2.98. The third-order valence-corrected chi connectivity index (χ3v) is 4.60. The second-order valence-electron chi connectivity index (χ2n) is 6.11. The van der Waals surface area contributed by atoms with Gasteiger partial charge in [-0.05, 0) is 30.5 Å². The van der Waals surface area contributed by atoms with Crippen LogP contribution in [0.2, 0.25) is 0 Å². The summed E-state index contributed by atoms with van der Waals surface area (Å²) < 4.78 is 3.65. The molecule has 7 nitrogen and oxygen atoms in total. The lowest BCUT2D eigenvalue weighted by Gasteiger charge is -1.98. The van der Waals surface area contributed by atoms with E-state index in [2.05, 4.69) is 40.2 Å². The summed E-state index contributed by atoms with van der Waals surface area (Å²) in [5.74, 6) is 1.27. The quantitative estimate of drug-likeness (QED) is 0.571. The van der Waals surface area contributed by atoms with Gasteiger partial charge >= 0.3 is 0 Å². The van der Waals surface area contributed by atoms with Crippen LogP contribution in [0, 0.1) is 5.92 Å². The van der Waals surface area contributed by atoms with Gasteiger partial charge in [0, 0.05) is 25.0 Å². The van der Waals surface area contributed by atoms with E-state index in [9.17, 15) is 0 Å². The summed E-state index contributed by atoms with van der Waals surface area (Å²) in [6.45, 7) is 4.38. The van der Waals surface area contributed by atoms with Crippen molar-refractivity contribution in [3.05, 3.63) is 36.3 Å². The minimum Gasteiger partial charge on any atom is -0.265 e. The van der Waals surface area contributed by atoms with Gasteiger partial charge in [-0.25, -0.2) is 0 Å². The fourth-order valence-electron chi connectivity index (χ4n) is 2.64. The zero-order valence-electron chi connectivity index (χ0n) is 13.7. The summed E-state index contributed by atoms with van der Waals surface area (Å²) >= 11 is 1.51. The molecular weight excluding hydrogens is 322 g/mol. The molecule has 0 atom stereocenters. The average Bonchev–Trinajstić information content (AvgIpc) is 3.21. The van der Waals surface area contributed by atoms with E-state index in [4.69, 9.17) is 5.10 Å².